The molecule has 0 radical (unpaired) electrons. The Morgan fingerprint density at radius 2 is 1.83 bits per heavy atom. The molecule has 0 saturated carbocycles. The second-order valence-electron chi connectivity index (χ2n) is 7.10. The first kappa shape index (κ1) is 24.0. The number of carbonyl (C=O) groups is 3. The molecule has 0 unspecified atom stereocenters. The maximum atomic E-state index is 12.5. The summed E-state index contributed by atoms with van der Waals surface area (Å²) in [5, 5.41) is 0. The van der Waals surface area contributed by atoms with Gasteiger partial charge in [0.05, 0.1) is 16.2 Å². The van der Waals surface area contributed by atoms with Crippen LogP contribution in [-0.4, -0.2) is 43.6 Å². The molecule has 0 spiro atoms. The Morgan fingerprint density at radius 1 is 1.20 bits per heavy atom. The zero-order chi connectivity index (χ0) is 22.8. The number of aromatic nitrogens is 1. The highest BCUT2D eigenvalue weighted by Gasteiger charge is 2.23. The number of aromatic amines is 1. The molecular weight excluding hydrogens is 476 g/mol. The monoisotopic (exact) mass is 498 g/mol. The summed E-state index contributed by atoms with van der Waals surface area (Å²) in [6, 6.07) is 3.63. The van der Waals surface area contributed by atoms with Crippen molar-refractivity contribution in [1.29, 1.82) is 0 Å². The molecule has 8 nitrogen and oxygen atoms in total. The lowest BCUT2D eigenvalue weighted by Gasteiger charge is -2.11. The average molecular weight is 499 g/mol. The zero-order valence-electron chi connectivity index (χ0n) is 17.3. The van der Waals surface area contributed by atoms with E-state index in [1.165, 1.54) is 25.1 Å². The number of hydrogen-bond donors (Lipinski definition) is 2. The van der Waals surface area contributed by atoms with Crippen LogP contribution >= 0.6 is 15.9 Å². The molecule has 1 aromatic carbocycles. The van der Waals surface area contributed by atoms with Gasteiger partial charge in [0, 0.05) is 21.8 Å². The molecule has 2 aromatic rings. The Hall–Kier alpha value is -2.30. The topological polar surface area (TPSA) is 122 Å². The standard InChI is InChI=1S/C20H23BrN2O6S/c1-10(2)23-30(27,28)14-6-7-16(21)15(8-14)20(26)29-9-17(25)19-11(3)18(13(5)24)12(4)22-19/h6-8,10,22-23H,9H2,1-5H3. The van der Waals surface area contributed by atoms with E-state index < -0.39 is 28.4 Å². The van der Waals surface area contributed by atoms with Gasteiger partial charge < -0.3 is 9.72 Å². The second kappa shape index (κ2) is 9.23. The Morgan fingerprint density at radius 3 is 2.37 bits per heavy atom. The van der Waals surface area contributed by atoms with E-state index in [2.05, 4.69) is 25.6 Å². The summed E-state index contributed by atoms with van der Waals surface area (Å²) in [4.78, 5) is 39.4. The number of benzene rings is 1. The van der Waals surface area contributed by atoms with Crippen molar-refractivity contribution >= 4 is 43.5 Å². The van der Waals surface area contributed by atoms with Crippen molar-refractivity contribution < 1.29 is 27.5 Å². The molecule has 0 aliphatic rings. The van der Waals surface area contributed by atoms with Crippen LogP contribution in [0.1, 0.15) is 63.2 Å². The lowest BCUT2D eigenvalue weighted by atomic mass is 10.1. The number of nitrogens with one attached hydrogen (secondary N) is 2. The van der Waals surface area contributed by atoms with Crippen LogP contribution < -0.4 is 4.72 Å². The fourth-order valence-corrected chi connectivity index (χ4v) is 4.73. The van der Waals surface area contributed by atoms with Crippen LogP contribution in [-0.2, 0) is 14.8 Å². The van der Waals surface area contributed by atoms with Crippen LogP contribution in [0, 0.1) is 13.8 Å². The Balaban J connectivity index is 2.21. The number of Topliss-reactive ketones (excluding diaryl/α,β-unsaturated/α-hetero) is 2. The summed E-state index contributed by atoms with van der Waals surface area (Å²) in [6.45, 7) is 7.52. The van der Waals surface area contributed by atoms with Crippen molar-refractivity contribution in [3.05, 3.63) is 50.8 Å². The first-order chi connectivity index (χ1) is 13.8. The van der Waals surface area contributed by atoms with Crippen molar-refractivity contribution in [2.24, 2.45) is 0 Å². The third kappa shape index (κ3) is 5.24. The number of ether oxygens (including phenoxy) is 1. The molecule has 1 aromatic heterocycles. The van der Waals surface area contributed by atoms with Crippen LogP contribution in [0.5, 0.6) is 0 Å². The molecule has 10 heteroatoms. The Kier molecular flexibility index (Phi) is 7.38. The molecule has 0 bridgehead atoms. The van der Waals surface area contributed by atoms with Crippen molar-refractivity contribution in [1.82, 2.24) is 9.71 Å². The molecular formula is C20H23BrN2O6S. The summed E-state index contributed by atoms with van der Waals surface area (Å²) in [6.07, 6.45) is 0. The van der Waals surface area contributed by atoms with Crippen LogP contribution in [0.25, 0.3) is 0 Å². The lowest BCUT2D eigenvalue weighted by molar-refractivity contribution is 0.0472. The van der Waals surface area contributed by atoms with Gasteiger partial charge in [0.1, 0.15) is 0 Å². The second-order valence-corrected chi connectivity index (χ2v) is 9.67. The van der Waals surface area contributed by atoms with Gasteiger partial charge in [-0.15, -0.1) is 0 Å². The molecule has 30 heavy (non-hydrogen) atoms. The molecule has 0 amide bonds. The van der Waals surface area contributed by atoms with Gasteiger partial charge in [0.15, 0.2) is 12.4 Å². The number of hydrogen-bond acceptors (Lipinski definition) is 6. The molecule has 0 aliphatic carbocycles. The van der Waals surface area contributed by atoms with Gasteiger partial charge in [-0.3, -0.25) is 9.59 Å². The number of H-pyrrole nitrogens is 1. The van der Waals surface area contributed by atoms with Crippen LogP contribution in [0.3, 0.4) is 0 Å². The van der Waals surface area contributed by atoms with E-state index in [1.807, 2.05) is 0 Å². The largest absolute Gasteiger partial charge is 0.454 e. The van der Waals surface area contributed by atoms with Gasteiger partial charge >= 0.3 is 5.97 Å². The predicted molar refractivity (Wildman–Crippen MR) is 114 cm³/mol. The summed E-state index contributed by atoms with van der Waals surface area (Å²) >= 11 is 3.20. The lowest BCUT2D eigenvalue weighted by Crippen LogP contribution is -2.30. The molecule has 0 fully saturated rings. The summed E-state index contributed by atoms with van der Waals surface area (Å²) in [7, 11) is -3.80. The van der Waals surface area contributed by atoms with Gasteiger partial charge in [-0.1, -0.05) is 0 Å². The molecule has 0 atom stereocenters. The van der Waals surface area contributed by atoms with Gasteiger partial charge in [0.2, 0.25) is 15.8 Å². The average Bonchev–Trinajstić information content (AvgIpc) is 2.93. The maximum absolute atomic E-state index is 12.5. The smallest absolute Gasteiger partial charge is 0.339 e. The van der Waals surface area contributed by atoms with Crippen LogP contribution in [0.2, 0.25) is 0 Å². The number of halogens is 1. The Labute approximate surface area is 183 Å². The fraction of sp³-hybridized carbons (Fsp3) is 0.350. The van der Waals surface area contributed by atoms with Gasteiger partial charge in [-0.05, 0) is 74.3 Å². The number of ketones is 2. The molecule has 1 heterocycles. The minimum Gasteiger partial charge on any atom is -0.454 e. The highest BCUT2D eigenvalue weighted by atomic mass is 79.9. The predicted octanol–water partition coefficient (Wildman–Crippen LogP) is 3.32. The van der Waals surface area contributed by atoms with E-state index in [0.717, 1.165) is 0 Å². The molecule has 0 aliphatic heterocycles. The summed E-state index contributed by atoms with van der Waals surface area (Å²) in [5.41, 5.74) is 1.66. The van der Waals surface area contributed by atoms with Crippen molar-refractivity contribution in [2.75, 3.05) is 6.61 Å². The number of aryl methyl sites for hydroxylation is 1. The fourth-order valence-electron chi connectivity index (χ4n) is 3.04. The van der Waals surface area contributed by atoms with Gasteiger partial charge in [-0.25, -0.2) is 17.9 Å². The Bertz CT molecular complexity index is 1120. The summed E-state index contributed by atoms with van der Waals surface area (Å²) in [5.74, 6) is -1.53. The van der Waals surface area contributed by atoms with Crippen molar-refractivity contribution in [3.63, 3.8) is 0 Å². The maximum Gasteiger partial charge on any atom is 0.339 e. The molecule has 0 saturated heterocycles. The van der Waals surface area contributed by atoms with Crippen molar-refractivity contribution in [2.45, 2.75) is 45.6 Å². The quantitative estimate of drug-likeness (QED) is 0.425. The van der Waals surface area contributed by atoms with Gasteiger partial charge in [-0.2, -0.15) is 0 Å². The van der Waals surface area contributed by atoms with E-state index in [-0.39, 0.29) is 28.0 Å². The van der Waals surface area contributed by atoms with Crippen LogP contribution in [0.4, 0.5) is 0 Å². The highest BCUT2D eigenvalue weighted by Crippen LogP contribution is 2.23. The minimum absolute atomic E-state index is 0.0294. The van der Waals surface area contributed by atoms with E-state index in [4.69, 9.17) is 4.74 Å². The highest BCUT2D eigenvalue weighted by molar-refractivity contribution is 9.10. The SMILES string of the molecule is CC(=O)c1c(C)[nH]c(C(=O)COC(=O)c2cc(S(=O)(=O)NC(C)C)ccc2Br)c1C. The summed E-state index contributed by atoms with van der Waals surface area (Å²) < 4.78 is 32.5. The molecule has 2 rings (SSSR count). The van der Waals surface area contributed by atoms with Crippen molar-refractivity contribution in [3.8, 4) is 0 Å². The third-order valence-corrected chi connectivity index (χ3v) is 6.61. The van der Waals surface area contributed by atoms with E-state index in [0.29, 0.717) is 21.3 Å². The first-order valence-corrected chi connectivity index (χ1v) is 11.3. The van der Waals surface area contributed by atoms with Gasteiger partial charge in [0.25, 0.3) is 0 Å². The number of carbonyl (C=O) groups excluding carboxylic acids is 3. The number of sulfonamides is 1. The molecule has 2 N–H and O–H groups in total. The van der Waals surface area contributed by atoms with Crippen LogP contribution in [0.15, 0.2) is 27.6 Å². The zero-order valence-corrected chi connectivity index (χ0v) is 19.7. The number of rotatable bonds is 8. The minimum atomic E-state index is -3.80. The normalized spacial score (nSPS) is 11.6. The first-order valence-electron chi connectivity index (χ1n) is 9.07. The van der Waals surface area contributed by atoms with E-state index >= 15 is 0 Å². The third-order valence-electron chi connectivity index (χ3n) is 4.26. The van der Waals surface area contributed by atoms with E-state index in [9.17, 15) is 22.8 Å². The molecule has 162 valence electrons. The van der Waals surface area contributed by atoms with E-state index in [1.54, 1.807) is 27.7 Å². The number of esters is 1.